The van der Waals surface area contributed by atoms with Crippen LogP contribution in [0.3, 0.4) is 0 Å². The van der Waals surface area contributed by atoms with Crippen LogP contribution in [0.4, 0.5) is 0 Å². The lowest BCUT2D eigenvalue weighted by atomic mass is 10.2. The van der Waals surface area contributed by atoms with Crippen LogP contribution < -0.4 is 0 Å². The third-order valence-corrected chi connectivity index (χ3v) is 4.31. The fraction of sp³-hybridized carbons (Fsp3) is 0.143. The number of fused-ring (bicyclic) bond motifs is 1. The number of aldehydes is 1. The molecule has 0 spiro atoms. The van der Waals surface area contributed by atoms with Gasteiger partial charge in [0.2, 0.25) is 0 Å². The van der Waals surface area contributed by atoms with Crippen LogP contribution in [0.2, 0.25) is 0 Å². The third-order valence-electron chi connectivity index (χ3n) is 3.15. The van der Waals surface area contributed by atoms with Crippen LogP contribution in [0.15, 0.2) is 24.3 Å². The van der Waals surface area contributed by atoms with Gasteiger partial charge in [0.15, 0.2) is 17.8 Å². The lowest BCUT2D eigenvalue weighted by Crippen LogP contribution is -2.01. The molecule has 0 aliphatic heterocycles. The van der Waals surface area contributed by atoms with E-state index < -0.39 is 0 Å². The molecule has 0 unspecified atom stereocenters. The predicted molar refractivity (Wildman–Crippen MR) is 76.9 cm³/mol. The van der Waals surface area contributed by atoms with Crippen LogP contribution in [0.25, 0.3) is 15.1 Å². The van der Waals surface area contributed by atoms with Crippen LogP contribution in [-0.4, -0.2) is 27.1 Å². The lowest BCUT2D eigenvalue weighted by molar-refractivity contribution is 0.101. The molecular formula is C14H11N3O2S. The fourth-order valence-electron chi connectivity index (χ4n) is 2.17. The molecule has 0 atom stereocenters. The van der Waals surface area contributed by atoms with Gasteiger partial charge in [-0.25, -0.2) is 4.68 Å². The first-order valence-corrected chi connectivity index (χ1v) is 6.85. The summed E-state index contributed by atoms with van der Waals surface area (Å²) in [7, 11) is 0. The second-order valence-electron chi connectivity index (χ2n) is 4.43. The van der Waals surface area contributed by atoms with Crippen molar-refractivity contribution in [3.8, 4) is 5.00 Å². The molecule has 0 bridgehead atoms. The monoisotopic (exact) mass is 285 g/mol. The summed E-state index contributed by atoms with van der Waals surface area (Å²) in [5, 5.41) is 9.48. The SMILES string of the molecule is CC(=O)c1nnn(-c2sc3ccccc3c2C=O)c1C. The summed E-state index contributed by atoms with van der Waals surface area (Å²) < 4.78 is 2.56. The van der Waals surface area contributed by atoms with E-state index in [-0.39, 0.29) is 5.78 Å². The second-order valence-corrected chi connectivity index (χ2v) is 5.46. The van der Waals surface area contributed by atoms with Gasteiger partial charge in [-0.3, -0.25) is 9.59 Å². The van der Waals surface area contributed by atoms with E-state index in [4.69, 9.17) is 0 Å². The topological polar surface area (TPSA) is 64.8 Å². The average Bonchev–Trinajstić information content (AvgIpc) is 2.98. The first-order chi connectivity index (χ1) is 9.63. The van der Waals surface area contributed by atoms with E-state index in [9.17, 15) is 9.59 Å². The number of rotatable bonds is 3. The molecule has 0 aliphatic carbocycles. The molecule has 2 heterocycles. The Labute approximate surface area is 118 Å². The molecule has 2 aromatic heterocycles. The minimum absolute atomic E-state index is 0.137. The van der Waals surface area contributed by atoms with Crippen LogP contribution in [-0.2, 0) is 0 Å². The van der Waals surface area contributed by atoms with Gasteiger partial charge in [0.25, 0.3) is 0 Å². The van der Waals surface area contributed by atoms with Crippen LogP contribution in [0, 0.1) is 6.92 Å². The number of carbonyl (C=O) groups is 2. The quantitative estimate of drug-likeness (QED) is 0.548. The van der Waals surface area contributed by atoms with Crippen molar-refractivity contribution < 1.29 is 9.59 Å². The van der Waals surface area contributed by atoms with Gasteiger partial charge in [-0.15, -0.1) is 16.4 Å². The molecule has 0 saturated carbocycles. The van der Waals surface area contributed by atoms with Gasteiger partial charge in [0.05, 0.1) is 11.3 Å². The zero-order valence-corrected chi connectivity index (χ0v) is 11.8. The van der Waals surface area contributed by atoms with Crippen molar-refractivity contribution in [3.05, 3.63) is 41.2 Å². The number of aromatic nitrogens is 3. The molecular weight excluding hydrogens is 274 g/mol. The summed E-state index contributed by atoms with van der Waals surface area (Å²) in [4.78, 5) is 22.9. The Bertz CT molecular complexity index is 832. The highest BCUT2D eigenvalue weighted by atomic mass is 32.1. The van der Waals surface area contributed by atoms with E-state index in [1.54, 1.807) is 11.6 Å². The largest absolute Gasteiger partial charge is 0.298 e. The molecule has 20 heavy (non-hydrogen) atoms. The van der Waals surface area contributed by atoms with Gasteiger partial charge in [-0.1, -0.05) is 23.4 Å². The van der Waals surface area contributed by atoms with Gasteiger partial charge >= 0.3 is 0 Å². The van der Waals surface area contributed by atoms with Crippen LogP contribution in [0.5, 0.6) is 0 Å². The van der Waals surface area contributed by atoms with E-state index in [0.717, 1.165) is 16.4 Å². The van der Waals surface area contributed by atoms with Gasteiger partial charge in [0, 0.05) is 17.0 Å². The standard InChI is InChI=1S/C14H11N3O2S/c1-8-13(9(2)19)15-16-17(8)14-11(7-18)10-5-3-4-6-12(10)20-14/h3-7H,1-2H3. The minimum atomic E-state index is -0.137. The Morgan fingerprint density at radius 1 is 1.35 bits per heavy atom. The van der Waals surface area contributed by atoms with Crippen LogP contribution >= 0.6 is 11.3 Å². The number of Topliss-reactive ketones (excluding diaryl/α,β-unsaturated/α-hetero) is 1. The number of hydrogen-bond donors (Lipinski definition) is 0. The van der Waals surface area contributed by atoms with Crippen molar-refractivity contribution in [2.75, 3.05) is 0 Å². The van der Waals surface area contributed by atoms with Crippen molar-refractivity contribution in [1.82, 2.24) is 15.0 Å². The molecule has 0 fully saturated rings. The Morgan fingerprint density at radius 2 is 2.10 bits per heavy atom. The normalized spacial score (nSPS) is 10.9. The van der Waals surface area contributed by atoms with Crippen molar-refractivity contribution in [2.45, 2.75) is 13.8 Å². The maximum atomic E-state index is 11.5. The summed E-state index contributed by atoms with van der Waals surface area (Å²) in [6.07, 6.45) is 0.822. The molecule has 5 nitrogen and oxygen atoms in total. The lowest BCUT2D eigenvalue weighted by Gasteiger charge is -2.00. The van der Waals surface area contributed by atoms with Gasteiger partial charge in [0.1, 0.15) is 5.00 Å². The van der Waals surface area contributed by atoms with E-state index in [1.165, 1.54) is 18.3 Å². The van der Waals surface area contributed by atoms with E-state index >= 15 is 0 Å². The molecule has 6 heteroatoms. The molecule has 0 radical (unpaired) electrons. The first-order valence-electron chi connectivity index (χ1n) is 6.03. The molecule has 0 amide bonds. The van der Waals surface area contributed by atoms with Gasteiger partial charge in [-0.05, 0) is 13.0 Å². The second kappa shape index (κ2) is 4.64. The average molecular weight is 285 g/mol. The number of benzene rings is 1. The first kappa shape index (κ1) is 12.7. The van der Waals surface area contributed by atoms with Crippen molar-refractivity contribution in [1.29, 1.82) is 0 Å². The summed E-state index contributed by atoms with van der Waals surface area (Å²) in [6.45, 7) is 3.22. The Hall–Kier alpha value is -2.34. The zero-order valence-electron chi connectivity index (χ0n) is 11.0. The fourth-order valence-corrected chi connectivity index (χ4v) is 3.34. The summed E-state index contributed by atoms with van der Waals surface area (Å²) in [6, 6.07) is 7.67. The third kappa shape index (κ3) is 1.77. The molecule has 0 saturated heterocycles. The highest BCUT2D eigenvalue weighted by Gasteiger charge is 2.19. The van der Waals surface area contributed by atoms with E-state index in [0.29, 0.717) is 22.0 Å². The maximum absolute atomic E-state index is 11.5. The van der Waals surface area contributed by atoms with Gasteiger partial charge in [-0.2, -0.15) is 0 Å². The Morgan fingerprint density at radius 3 is 2.75 bits per heavy atom. The number of nitrogens with zero attached hydrogens (tertiary/aromatic N) is 3. The highest BCUT2D eigenvalue weighted by molar-refractivity contribution is 7.21. The number of ketones is 1. The molecule has 1 aromatic carbocycles. The molecule has 3 aromatic rings. The highest BCUT2D eigenvalue weighted by Crippen LogP contribution is 2.33. The van der Waals surface area contributed by atoms with Crippen molar-refractivity contribution in [3.63, 3.8) is 0 Å². The summed E-state index contributed by atoms with van der Waals surface area (Å²) in [5.41, 5.74) is 1.56. The molecule has 3 rings (SSSR count). The Balaban J connectivity index is 2.29. The zero-order chi connectivity index (χ0) is 14.3. The smallest absolute Gasteiger partial charge is 0.181 e. The molecule has 100 valence electrons. The molecule has 0 aliphatic rings. The van der Waals surface area contributed by atoms with E-state index in [2.05, 4.69) is 10.3 Å². The molecule has 0 N–H and O–H groups in total. The van der Waals surface area contributed by atoms with Gasteiger partial charge < -0.3 is 0 Å². The van der Waals surface area contributed by atoms with E-state index in [1.807, 2.05) is 24.3 Å². The van der Waals surface area contributed by atoms with Crippen molar-refractivity contribution in [2.24, 2.45) is 0 Å². The van der Waals surface area contributed by atoms with Crippen molar-refractivity contribution >= 4 is 33.5 Å². The summed E-state index contributed by atoms with van der Waals surface area (Å²) in [5.74, 6) is -0.137. The maximum Gasteiger partial charge on any atom is 0.181 e. The number of carbonyl (C=O) groups excluding carboxylic acids is 2. The number of hydrogen-bond acceptors (Lipinski definition) is 5. The minimum Gasteiger partial charge on any atom is -0.298 e. The van der Waals surface area contributed by atoms with Crippen LogP contribution in [0.1, 0.15) is 33.5 Å². The number of thiophene rings is 1. The summed E-state index contributed by atoms with van der Waals surface area (Å²) >= 11 is 1.46. The Kier molecular flexibility index (Phi) is 2.94. The predicted octanol–water partition coefficient (Wildman–Crippen LogP) is 2.81.